The first kappa shape index (κ1) is 15.3. The zero-order valence-electron chi connectivity index (χ0n) is 12.0. The molecule has 2 N–H and O–H groups in total. The van der Waals surface area contributed by atoms with E-state index in [1.165, 1.54) is 25.3 Å². The first-order chi connectivity index (χ1) is 11.1. The standard InChI is InChI=1S/C15H12FN3O3S/c1-22-15(20)19-14-17-12-6-5-11(8-13(12)18-14)23(21)10-4-2-3-9(16)7-10/h2-8H,1H3,(H2,17,18,19,20). The molecule has 0 saturated heterocycles. The third-order valence-corrected chi connectivity index (χ3v) is 4.45. The van der Waals surface area contributed by atoms with Crippen molar-refractivity contribution in [3.05, 3.63) is 48.3 Å². The molecule has 2 aromatic carbocycles. The van der Waals surface area contributed by atoms with Gasteiger partial charge in [0.05, 0.1) is 18.1 Å². The van der Waals surface area contributed by atoms with Crippen molar-refractivity contribution in [2.24, 2.45) is 0 Å². The first-order valence-electron chi connectivity index (χ1n) is 6.59. The fourth-order valence-corrected chi connectivity index (χ4v) is 3.13. The highest BCUT2D eigenvalue weighted by atomic mass is 32.2. The zero-order valence-corrected chi connectivity index (χ0v) is 12.8. The van der Waals surface area contributed by atoms with Crippen LogP contribution >= 0.6 is 0 Å². The van der Waals surface area contributed by atoms with E-state index in [-0.39, 0.29) is 5.95 Å². The zero-order chi connectivity index (χ0) is 16.4. The van der Waals surface area contributed by atoms with Crippen LogP contribution in [0.5, 0.6) is 0 Å². The van der Waals surface area contributed by atoms with Crippen molar-refractivity contribution >= 4 is 34.3 Å². The van der Waals surface area contributed by atoms with Crippen LogP contribution < -0.4 is 5.32 Å². The average molecular weight is 333 g/mol. The van der Waals surface area contributed by atoms with Gasteiger partial charge in [0, 0.05) is 23.3 Å². The molecular weight excluding hydrogens is 321 g/mol. The van der Waals surface area contributed by atoms with Crippen LogP contribution in [0.2, 0.25) is 0 Å². The minimum absolute atomic E-state index is 0.223. The third-order valence-electron chi connectivity index (χ3n) is 3.08. The van der Waals surface area contributed by atoms with Crippen LogP contribution in [0.15, 0.2) is 52.3 Å². The van der Waals surface area contributed by atoms with Crippen LogP contribution in [0.1, 0.15) is 0 Å². The summed E-state index contributed by atoms with van der Waals surface area (Å²) in [5.41, 5.74) is 1.19. The monoisotopic (exact) mass is 333 g/mol. The van der Waals surface area contributed by atoms with Gasteiger partial charge in [0.2, 0.25) is 5.95 Å². The summed E-state index contributed by atoms with van der Waals surface area (Å²) < 4.78 is 30.2. The number of ether oxygens (including phenoxy) is 1. The molecule has 1 aromatic heterocycles. The smallest absolute Gasteiger partial charge is 0.413 e. The van der Waals surface area contributed by atoms with Gasteiger partial charge in [-0.15, -0.1) is 0 Å². The van der Waals surface area contributed by atoms with Crippen LogP contribution in [0, 0.1) is 5.82 Å². The molecular formula is C15H12FN3O3S. The molecule has 3 aromatic rings. The van der Waals surface area contributed by atoms with Crippen molar-refractivity contribution in [2.75, 3.05) is 12.4 Å². The van der Waals surface area contributed by atoms with Crippen LogP contribution in [0.4, 0.5) is 15.1 Å². The molecule has 0 aliphatic rings. The van der Waals surface area contributed by atoms with E-state index in [1.54, 1.807) is 24.3 Å². The minimum Gasteiger partial charge on any atom is -0.606 e. The molecule has 6 nitrogen and oxygen atoms in total. The number of aromatic nitrogens is 2. The number of nitrogens with one attached hydrogen (secondary N) is 2. The summed E-state index contributed by atoms with van der Waals surface area (Å²) in [5, 5.41) is 2.42. The molecule has 0 radical (unpaired) electrons. The second-order valence-electron chi connectivity index (χ2n) is 4.61. The van der Waals surface area contributed by atoms with Crippen molar-refractivity contribution in [1.82, 2.24) is 9.97 Å². The van der Waals surface area contributed by atoms with Gasteiger partial charge >= 0.3 is 6.09 Å². The van der Waals surface area contributed by atoms with E-state index in [4.69, 9.17) is 0 Å². The number of methoxy groups -OCH3 is 1. The number of fused-ring (bicyclic) bond motifs is 1. The maximum Gasteiger partial charge on any atom is 0.413 e. The molecule has 1 heterocycles. The lowest BCUT2D eigenvalue weighted by molar-refractivity contribution is 0.186. The van der Waals surface area contributed by atoms with Gasteiger partial charge in [-0.3, -0.25) is 5.32 Å². The fraction of sp³-hybridized carbons (Fsp3) is 0.0667. The molecule has 1 unspecified atom stereocenters. The van der Waals surface area contributed by atoms with E-state index in [1.807, 2.05) is 0 Å². The number of amides is 1. The summed E-state index contributed by atoms with van der Waals surface area (Å²) in [7, 11) is 1.25. The Morgan fingerprint density at radius 3 is 2.83 bits per heavy atom. The van der Waals surface area contributed by atoms with E-state index in [2.05, 4.69) is 20.0 Å². The molecule has 0 saturated carbocycles. The Balaban J connectivity index is 1.91. The number of carbonyl (C=O) groups excluding carboxylic acids is 1. The molecule has 23 heavy (non-hydrogen) atoms. The number of carbonyl (C=O) groups is 1. The van der Waals surface area contributed by atoms with E-state index in [0.717, 1.165) is 0 Å². The Morgan fingerprint density at radius 2 is 2.09 bits per heavy atom. The van der Waals surface area contributed by atoms with Gasteiger partial charge in [-0.1, -0.05) is 6.07 Å². The lowest BCUT2D eigenvalue weighted by Gasteiger charge is -2.09. The number of hydrogen-bond acceptors (Lipinski definition) is 4. The molecule has 0 aliphatic carbocycles. The van der Waals surface area contributed by atoms with Gasteiger partial charge < -0.3 is 14.3 Å². The Hall–Kier alpha value is -2.58. The second kappa shape index (κ2) is 6.27. The van der Waals surface area contributed by atoms with Gasteiger partial charge in [0.1, 0.15) is 5.82 Å². The minimum atomic E-state index is -1.52. The van der Waals surface area contributed by atoms with Crippen LogP contribution in [0.3, 0.4) is 0 Å². The number of halogens is 1. The number of rotatable bonds is 3. The van der Waals surface area contributed by atoms with Crippen molar-refractivity contribution in [3.8, 4) is 0 Å². The molecule has 0 bridgehead atoms. The predicted octanol–water partition coefficient (Wildman–Crippen LogP) is 3.05. The predicted molar refractivity (Wildman–Crippen MR) is 83.2 cm³/mol. The molecule has 8 heteroatoms. The first-order valence-corrected chi connectivity index (χ1v) is 7.74. The number of benzene rings is 2. The molecule has 118 valence electrons. The van der Waals surface area contributed by atoms with Crippen molar-refractivity contribution in [3.63, 3.8) is 0 Å². The summed E-state index contributed by atoms with van der Waals surface area (Å²) >= 11 is -1.52. The quantitative estimate of drug-likeness (QED) is 0.721. The van der Waals surface area contributed by atoms with Gasteiger partial charge in [-0.25, -0.2) is 14.2 Å². The molecule has 1 atom stereocenters. The lowest BCUT2D eigenvalue weighted by atomic mass is 10.3. The fourth-order valence-electron chi connectivity index (χ4n) is 2.03. The Labute approximate surface area is 133 Å². The second-order valence-corrected chi connectivity index (χ2v) is 6.09. The van der Waals surface area contributed by atoms with E-state index >= 15 is 0 Å². The van der Waals surface area contributed by atoms with Crippen molar-refractivity contribution in [2.45, 2.75) is 9.79 Å². The molecule has 1 amide bonds. The summed E-state index contributed by atoms with van der Waals surface area (Å²) in [6.07, 6.45) is -0.646. The van der Waals surface area contributed by atoms with Crippen LogP contribution in [-0.2, 0) is 15.9 Å². The average Bonchev–Trinajstić information content (AvgIpc) is 2.95. The summed E-state index contributed by atoms with van der Waals surface area (Å²) in [4.78, 5) is 19.1. The SMILES string of the molecule is COC(=O)Nc1nc2cc([S+]([O-])c3cccc(F)c3)ccc2[nH]1. The van der Waals surface area contributed by atoms with Crippen LogP contribution in [-0.4, -0.2) is 27.7 Å². The summed E-state index contributed by atoms with van der Waals surface area (Å²) in [6, 6.07) is 10.6. The molecule has 0 fully saturated rings. The van der Waals surface area contributed by atoms with Crippen LogP contribution in [0.25, 0.3) is 11.0 Å². The molecule has 0 aliphatic heterocycles. The highest BCUT2D eigenvalue weighted by molar-refractivity contribution is 7.91. The van der Waals surface area contributed by atoms with Gasteiger partial charge in [0.25, 0.3) is 0 Å². The Morgan fingerprint density at radius 1 is 1.30 bits per heavy atom. The summed E-state index contributed by atoms with van der Waals surface area (Å²) in [6.45, 7) is 0. The topological polar surface area (TPSA) is 90.1 Å². The summed E-state index contributed by atoms with van der Waals surface area (Å²) in [5.74, 6) is -0.221. The van der Waals surface area contributed by atoms with E-state index in [0.29, 0.717) is 20.8 Å². The number of anilines is 1. The number of nitrogens with zero attached hydrogens (tertiary/aromatic N) is 1. The van der Waals surface area contributed by atoms with Gasteiger partial charge in [0.15, 0.2) is 9.79 Å². The number of aromatic amines is 1. The Bertz CT molecular complexity index is 868. The molecule has 3 rings (SSSR count). The molecule has 0 spiro atoms. The lowest BCUT2D eigenvalue weighted by Crippen LogP contribution is -2.11. The number of H-pyrrole nitrogens is 1. The maximum atomic E-state index is 13.3. The van der Waals surface area contributed by atoms with Crippen molar-refractivity contribution in [1.29, 1.82) is 0 Å². The maximum absolute atomic E-state index is 13.3. The van der Waals surface area contributed by atoms with E-state index < -0.39 is 23.1 Å². The number of imidazole rings is 1. The number of hydrogen-bond donors (Lipinski definition) is 2. The Kier molecular flexibility index (Phi) is 4.18. The van der Waals surface area contributed by atoms with Crippen molar-refractivity contribution < 1.29 is 18.5 Å². The highest BCUT2D eigenvalue weighted by Gasteiger charge is 2.17. The third kappa shape index (κ3) is 3.27. The normalized spacial score (nSPS) is 12.1. The van der Waals surface area contributed by atoms with Gasteiger partial charge in [-0.05, 0) is 24.3 Å². The largest absolute Gasteiger partial charge is 0.606 e. The highest BCUT2D eigenvalue weighted by Crippen LogP contribution is 2.25. The van der Waals surface area contributed by atoms with E-state index in [9.17, 15) is 13.7 Å². The van der Waals surface area contributed by atoms with Gasteiger partial charge in [-0.2, -0.15) is 0 Å².